The molecule has 1 fully saturated rings. The number of aliphatic hydroxyl groups is 2. The Balaban J connectivity index is 2.10. The van der Waals surface area contributed by atoms with Gasteiger partial charge in [-0.2, -0.15) is 0 Å². The molecular weight excluding hydrogens is 269 g/mol. The molecule has 2 aromatic heterocycles. The highest BCUT2D eigenvalue weighted by Gasteiger charge is 2.55. The summed E-state index contributed by atoms with van der Waals surface area (Å²) in [5, 5.41) is 19.0. The lowest BCUT2D eigenvalue weighted by atomic mass is 9.98. The Bertz CT molecular complexity index is 646. The molecule has 0 aliphatic carbocycles. The largest absolute Gasteiger partial charge is 0.394 e. The molecule has 8 nitrogen and oxygen atoms in total. The zero-order valence-corrected chi connectivity index (χ0v) is 10.6. The fraction of sp³-hybridized carbons (Fsp3) is 0.545. The first-order chi connectivity index (χ1) is 9.46. The summed E-state index contributed by atoms with van der Waals surface area (Å²) in [5.41, 5.74) is 4.20. The van der Waals surface area contributed by atoms with Crippen molar-refractivity contribution in [2.45, 2.75) is 31.0 Å². The first-order valence-corrected chi connectivity index (χ1v) is 6.03. The summed E-state index contributed by atoms with van der Waals surface area (Å²) < 4.78 is 21.4. The van der Waals surface area contributed by atoms with Crippen molar-refractivity contribution >= 4 is 17.0 Å². The molecule has 1 saturated heterocycles. The number of nitrogens with zero attached hydrogens (tertiary/aromatic N) is 4. The van der Waals surface area contributed by atoms with Crippen LogP contribution in [0.4, 0.5) is 10.2 Å². The lowest BCUT2D eigenvalue weighted by Crippen LogP contribution is -2.40. The first kappa shape index (κ1) is 13.2. The van der Waals surface area contributed by atoms with Crippen molar-refractivity contribution in [3.05, 3.63) is 12.7 Å². The van der Waals surface area contributed by atoms with Gasteiger partial charge in [-0.1, -0.05) is 0 Å². The van der Waals surface area contributed by atoms with Gasteiger partial charge in [-0.25, -0.2) is 19.3 Å². The number of aliphatic hydroxyl groups excluding tert-OH is 2. The molecule has 4 N–H and O–H groups in total. The molecule has 0 saturated carbocycles. The number of hydrogen-bond acceptors (Lipinski definition) is 7. The van der Waals surface area contributed by atoms with Gasteiger partial charge in [-0.15, -0.1) is 0 Å². The van der Waals surface area contributed by atoms with Gasteiger partial charge in [0, 0.05) is 0 Å². The molecule has 0 spiro atoms. The summed E-state index contributed by atoms with van der Waals surface area (Å²) in [6, 6.07) is 0. The average molecular weight is 283 g/mol. The topological polar surface area (TPSA) is 119 Å². The molecule has 20 heavy (non-hydrogen) atoms. The van der Waals surface area contributed by atoms with Crippen LogP contribution in [-0.2, 0) is 4.74 Å². The Kier molecular flexibility index (Phi) is 2.85. The SMILES string of the molecule is C[C@@]1(F)C(O)C(CO)OC1n1cnc2c(N)ncnc21. The van der Waals surface area contributed by atoms with E-state index in [0.29, 0.717) is 11.2 Å². The molecule has 2 aromatic rings. The second-order valence-electron chi connectivity index (χ2n) is 4.89. The minimum atomic E-state index is -2.10. The molecule has 4 atom stereocenters. The van der Waals surface area contributed by atoms with Gasteiger partial charge in [-0.3, -0.25) is 4.57 Å². The van der Waals surface area contributed by atoms with Crippen LogP contribution in [0, 0.1) is 0 Å². The van der Waals surface area contributed by atoms with Crippen LogP contribution in [0.2, 0.25) is 0 Å². The summed E-state index contributed by atoms with van der Waals surface area (Å²) >= 11 is 0. The first-order valence-electron chi connectivity index (χ1n) is 6.03. The van der Waals surface area contributed by atoms with Crippen molar-refractivity contribution in [3.63, 3.8) is 0 Å². The fourth-order valence-electron chi connectivity index (χ4n) is 2.40. The van der Waals surface area contributed by atoms with Crippen LogP contribution < -0.4 is 5.73 Å². The van der Waals surface area contributed by atoms with E-state index in [1.165, 1.54) is 24.1 Å². The number of imidazole rings is 1. The van der Waals surface area contributed by atoms with E-state index in [9.17, 15) is 9.50 Å². The van der Waals surface area contributed by atoms with E-state index in [1.54, 1.807) is 0 Å². The summed E-state index contributed by atoms with van der Waals surface area (Å²) in [6.07, 6.45) is -1.06. The third-order valence-corrected chi connectivity index (χ3v) is 3.54. The van der Waals surface area contributed by atoms with Crippen molar-refractivity contribution in [2.24, 2.45) is 0 Å². The zero-order valence-electron chi connectivity index (χ0n) is 10.6. The van der Waals surface area contributed by atoms with Crippen LogP contribution in [0.1, 0.15) is 13.2 Å². The van der Waals surface area contributed by atoms with Crippen LogP contribution in [0.25, 0.3) is 11.2 Å². The number of fused-ring (bicyclic) bond motifs is 1. The molecule has 0 bridgehead atoms. The highest BCUT2D eigenvalue weighted by Crippen LogP contribution is 2.42. The molecule has 9 heteroatoms. The summed E-state index contributed by atoms with van der Waals surface area (Å²) in [4.78, 5) is 11.8. The molecule has 3 heterocycles. The maximum absolute atomic E-state index is 14.7. The van der Waals surface area contributed by atoms with Crippen LogP contribution >= 0.6 is 0 Å². The fourth-order valence-corrected chi connectivity index (χ4v) is 2.40. The minimum Gasteiger partial charge on any atom is -0.394 e. The number of aromatic nitrogens is 4. The number of hydrogen-bond donors (Lipinski definition) is 3. The Hall–Kier alpha value is -1.84. The van der Waals surface area contributed by atoms with Gasteiger partial charge >= 0.3 is 0 Å². The molecule has 1 aliphatic rings. The third-order valence-electron chi connectivity index (χ3n) is 3.54. The minimum absolute atomic E-state index is 0.173. The van der Waals surface area contributed by atoms with Crippen molar-refractivity contribution in [1.29, 1.82) is 0 Å². The highest BCUT2D eigenvalue weighted by atomic mass is 19.1. The highest BCUT2D eigenvalue weighted by molar-refractivity contribution is 5.81. The van der Waals surface area contributed by atoms with Crippen LogP contribution in [-0.4, -0.2) is 54.2 Å². The average Bonchev–Trinajstić information content (AvgIpc) is 2.92. The van der Waals surface area contributed by atoms with Gasteiger partial charge in [0.2, 0.25) is 0 Å². The predicted octanol–water partition coefficient (Wildman–Crippen LogP) is -0.613. The zero-order chi connectivity index (χ0) is 14.5. The predicted molar refractivity (Wildman–Crippen MR) is 66.3 cm³/mol. The normalized spacial score (nSPS) is 33.9. The molecule has 0 radical (unpaired) electrons. The van der Waals surface area contributed by atoms with Gasteiger partial charge in [0.1, 0.15) is 24.1 Å². The smallest absolute Gasteiger partial charge is 0.181 e. The van der Waals surface area contributed by atoms with Crippen LogP contribution in [0.15, 0.2) is 12.7 Å². The maximum atomic E-state index is 14.7. The van der Waals surface area contributed by atoms with E-state index >= 15 is 0 Å². The standard InChI is InChI=1S/C11H14FN5O3/c1-11(12)7(19)5(2-18)20-10(11)17-4-16-6-8(13)14-3-15-9(6)17/h3-5,7,10,18-19H,2H2,1H3,(H2,13,14,15)/t5?,7?,10?,11-/m1/s1. The molecule has 0 aromatic carbocycles. The number of halogens is 1. The van der Waals surface area contributed by atoms with E-state index in [2.05, 4.69) is 15.0 Å². The number of nitrogens with two attached hydrogens (primary N) is 1. The van der Waals surface area contributed by atoms with E-state index in [-0.39, 0.29) is 5.82 Å². The molecule has 3 unspecified atom stereocenters. The molecule has 1 aliphatic heterocycles. The molecule has 3 rings (SSSR count). The molecular formula is C11H14FN5O3. The van der Waals surface area contributed by atoms with E-state index in [0.717, 1.165) is 0 Å². The van der Waals surface area contributed by atoms with Crippen molar-refractivity contribution in [1.82, 2.24) is 19.5 Å². The van der Waals surface area contributed by atoms with Crippen LogP contribution in [0.3, 0.4) is 0 Å². The number of ether oxygens (including phenoxy) is 1. The lowest BCUT2D eigenvalue weighted by Gasteiger charge is -2.24. The van der Waals surface area contributed by atoms with Crippen LogP contribution in [0.5, 0.6) is 0 Å². The quantitative estimate of drug-likeness (QED) is 0.672. The molecule has 0 amide bonds. The van der Waals surface area contributed by atoms with E-state index < -0.39 is 30.7 Å². The Labute approximate surface area is 113 Å². The van der Waals surface area contributed by atoms with E-state index in [1.807, 2.05) is 0 Å². The second kappa shape index (κ2) is 4.33. The van der Waals surface area contributed by atoms with Gasteiger partial charge < -0.3 is 20.7 Å². The van der Waals surface area contributed by atoms with Gasteiger partial charge in [-0.05, 0) is 6.92 Å². The Morgan fingerprint density at radius 3 is 2.90 bits per heavy atom. The molecule has 108 valence electrons. The summed E-state index contributed by atoms with van der Waals surface area (Å²) in [5.74, 6) is 0.173. The number of anilines is 1. The summed E-state index contributed by atoms with van der Waals surface area (Å²) in [7, 11) is 0. The monoisotopic (exact) mass is 283 g/mol. The van der Waals surface area contributed by atoms with Crippen molar-refractivity contribution < 1.29 is 19.3 Å². The van der Waals surface area contributed by atoms with Gasteiger partial charge in [0.05, 0.1) is 12.9 Å². The summed E-state index contributed by atoms with van der Waals surface area (Å²) in [6.45, 7) is 0.718. The van der Waals surface area contributed by atoms with Gasteiger partial charge in [0.25, 0.3) is 0 Å². The Morgan fingerprint density at radius 1 is 1.50 bits per heavy atom. The maximum Gasteiger partial charge on any atom is 0.181 e. The van der Waals surface area contributed by atoms with E-state index in [4.69, 9.17) is 15.6 Å². The third kappa shape index (κ3) is 1.67. The van der Waals surface area contributed by atoms with Crippen molar-refractivity contribution in [3.8, 4) is 0 Å². The Morgan fingerprint density at radius 2 is 2.25 bits per heavy atom. The lowest BCUT2D eigenvalue weighted by molar-refractivity contribution is -0.0566. The van der Waals surface area contributed by atoms with Crippen molar-refractivity contribution in [2.75, 3.05) is 12.3 Å². The second-order valence-corrected chi connectivity index (χ2v) is 4.89. The van der Waals surface area contributed by atoms with Gasteiger partial charge in [0.15, 0.2) is 23.4 Å². The number of alkyl halides is 1. The number of rotatable bonds is 2. The number of nitrogen functional groups attached to an aromatic ring is 1.